The maximum Gasteiger partial charge on any atom is 0.407 e. The van der Waals surface area contributed by atoms with Crippen LogP contribution in [0.25, 0.3) is 32.5 Å². The standard InChI is InChI=1S/C34H36FN5O4S/c1-34(2,3)44-33(42)37-25-5-4-12-39(20-25)32(41)30-17-27(21-6-7-23(18-36)28(35)16-21)31(45-30)22-8-9-29-24(15-22)19-40(38-29)26-10-13-43-14-11-26/h6-9,15-17,19,25-26H,4-5,10-14,20H2,1-3H3,(H,37,42)/t25-/m1/s1. The van der Waals surface area contributed by atoms with Gasteiger partial charge in [-0.05, 0) is 87.9 Å². The first kappa shape index (κ1) is 30.7. The van der Waals surface area contributed by atoms with Crippen LogP contribution in [0, 0.1) is 17.1 Å². The molecule has 9 nitrogen and oxygen atoms in total. The minimum absolute atomic E-state index is 0.0365. The van der Waals surface area contributed by atoms with Gasteiger partial charge in [-0.1, -0.05) is 12.1 Å². The van der Waals surface area contributed by atoms with E-state index in [1.807, 2.05) is 49.7 Å². The Bertz CT molecular complexity index is 1780. The van der Waals surface area contributed by atoms with Crippen LogP contribution in [0.1, 0.15) is 67.7 Å². The number of carbonyl (C=O) groups is 2. The van der Waals surface area contributed by atoms with Gasteiger partial charge in [0.15, 0.2) is 0 Å². The third kappa shape index (κ3) is 6.87. The molecule has 4 heterocycles. The summed E-state index contributed by atoms with van der Waals surface area (Å²) in [5.41, 5.74) is 2.41. The third-order valence-corrected chi connectivity index (χ3v) is 9.29. The molecule has 1 N–H and O–H groups in total. The van der Waals surface area contributed by atoms with Crippen molar-refractivity contribution in [2.45, 2.75) is 64.1 Å². The Morgan fingerprint density at radius 3 is 2.62 bits per heavy atom. The van der Waals surface area contributed by atoms with E-state index in [1.165, 1.54) is 23.5 Å². The number of thiophene rings is 1. The van der Waals surface area contributed by atoms with Crippen LogP contribution in [-0.2, 0) is 9.47 Å². The highest BCUT2D eigenvalue weighted by Crippen LogP contribution is 2.41. The predicted molar refractivity (Wildman–Crippen MR) is 171 cm³/mol. The number of piperidine rings is 1. The lowest BCUT2D eigenvalue weighted by Crippen LogP contribution is -2.50. The van der Waals surface area contributed by atoms with Crippen LogP contribution in [0.3, 0.4) is 0 Å². The van der Waals surface area contributed by atoms with Crippen LogP contribution in [0.5, 0.6) is 0 Å². The largest absolute Gasteiger partial charge is 0.444 e. The molecule has 0 radical (unpaired) electrons. The fraction of sp³-hybridized carbons (Fsp3) is 0.412. The van der Waals surface area contributed by atoms with Crippen molar-refractivity contribution in [3.05, 3.63) is 64.9 Å². The van der Waals surface area contributed by atoms with Crippen LogP contribution >= 0.6 is 11.3 Å². The van der Waals surface area contributed by atoms with E-state index in [4.69, 9.17) is 14.6 Å². The summed E-state index contributed by atoms with van der Waals surface area (Å²) >= 11 is 1.36. The summed E-state index contributed by atoms with van der Waals surface area (Å²) in [5, 5.41) is 18.0. The number of likely N-dealkylation sites (tertiary alicyclic amines) is 1. The van der Waals surface area contributed by atoms with E-state index in [1.54, 1.807) is 11.0 Å². The van der Waals surface area contributed by atoms with E-state index in [-0.39, 0.29) is 23.6 Å². The Hall–Kier alpha value is -4.27. The molecular weight excluding hydrogens is 593 g/mol. The second-order valence-corrected chi connectivity index (χ2v) is 13.7. The van der Waals surface area contributed by atoms with E-state index in [2.05, 4.69) is 17.6 Å². The molecule has 2 amide bonds. The first-order valence-electron chi connectivity index (χ1n) is 15.3. The maximum absolute atomic E-state index is 14.8. The molecule has 234 valence electrons. The summed E-state index contributed by atoms with van der Waals surface area (Å²) in [6.45, 7) is 7.80. The number of nitriles is 1. The SMILES string of the molecule is CC(C)(C)OC(=O)N[C@@H]1CCCN(C(=O)c2cc(-c3ccc(C#N)c(F)c3)c(-c3ccc4nn(C5CCOCC5)cc4c3)s2)C1. The smallest absolute Gasteiger partial charge is 0.407 e. The van der Waals surface area contributed by atoms with Gasteiger partial charge in [0.05, 0.1) is 22.0 Å². The average molecular weight is 630 g/mol. The van der Waals surface area contributed by atoms with Gasteiger partial charge in [-0.15, -0.1) is 11.3 Å². The minimum Gasteiger partial charge on any atom is -0.444 e. The van der Waals surface area contributed by atoms with Crippen LogP contribution < -0.4 is 5.32 Å². The third-order valence-electron chi connectivity index (χ3n) is 8.12. The lowest BCUT2D eigenvalue weighted by Gasteiger charge is -2.33. The van der Waals surface area contributed by atoms with E-state index >= 15 is 0 Å². The molecule has 0 aliphatic carbocycles. The molecule has 1 atom stereocenters. The first-order chi connectivity index (χ1) is 21.6. The van der Waals surface area contributed by atoms with E-state index in [0.717, 1.165) is 60.2 Å². The molecule has 0 unspecified atom stereocenters. The Kier molecular flexibility index (Phi) is 8.62. The zero-order chi connectivity index (χ0) is 31.7. The summed E-state index contributed by atoms with van der Waals surface area (Å²) in [6, 6.07) is 14.3. The van der Waals surface area contributed by atoms with Gasteiger partial charge in [0.1, 0.15) is 17.5 Å². The molecular formula is C34H36FN5O4S. The zero-order valence-electron chi connectivity index (χ0n) is 25.6. The number of carbonyl (C=O) groups excluding carboxylic acids is 2. The number of nitrogens with one attached hydrogen (secondary N) is 1. The molecule has 2 aliphatic rings. The Balaban J connectivity index is 1.32. The first-order valence-corrected chi connectivity index (χ1v) is 16.1. The van der Waals surface area contributed by atoms with Crippen LogP contribution in [0.2, 0.25) is 0 Å². The van der Waals surface area contributed by atoms with E-state index in [9.17, 15) is 19.2 Å². The Labute approximate surface area is 265 Å². The summed E-state index contributed by atoms with van der Waals surface area (Å²) in [7, 11) is 0. The number of nitrogens with zero attached hydrogens (tertiary/aromatic N) is 4. The van der Waals surface area contributed by atoms with Crippen molar-refractivity contribution in [2.75, 3.05) is 26.3 Å². The normalized spacial score (nSPS) is 17.7. The minimum atomic E-state index is -0.616. The molecule has 6 rings (SSSR count). The highest BCUT2D eigenvalue weighted by molar-refractivity contribution is 7.18. The topological polar surface area (TPSA) is 109 Å². The number of hydrogen-bond acceptors (Lipinski definition) is 7. The van der Waals surface area contributed by atoms with Gasteiger partial charge in [0.2, 0.25) is 0 Å². The predicted octanol–water partition coefficient (Wildman–Crippen LogP) is 6.92. The van der Waals surface area contributed by atoms with Gasteiger partial charge in [0.25, 0.3) is 5.91 Å². The summed E-state index contributed by atoms with van der Waals surface area (Å²) in [6.07, 6.45) is 4.87. The van der Waals surface area contributed by atoms with Gasteiger partial charge in [0, 0.05) is 54.4 Å². The number of amides is 2. The quantitative estimate of drug-likeness (QED) is 0.257. The van der Waals surface area contributed by atoms with Crippen molar-refractivity contribution >= 4 is 34.2 Å². The molecule has 0 bridgehead atoms. The number of benzene rings is 2. The van der Waals surface area contributed by atoms with Gasteiger partial charge in [-0.2, -0.15) is 10.4 Å². The van der Waals surface area contributed by atoms with Gasteiger partial charge >= 0.3 is 6.09 Å². The van der Waals surface area contributed by atoms with Crippen LogP contribution in [0.4, 0.5) is 9.18 Å². The Morgan fingerprint density at radius 2 is 1.89 bits per heavy atom. The monoisotopic (exact) mass is 629 g/mol. The fourth-order valence-corrected chi connectivity index (χ4v) is 7.08. The lowest BCUT2D eigenvalue weighted by molar-refractivity contribution is 0.0453. The zero-order valence-corrected chi connectivity index (χ0v) is 26.5. The summed E-state index contributed by atoms with van der Waals surface area (Å²) < 4.78 is 27.8. The van der Waals surface area contributed by atoms with E-state index in [0.29, 0.717) is 29.1 Å². The number of ether oxygens (including phenoxy) is 2. The van der Waals surface area contributed by atoms with Crippen molar-refractivity contribution in [1.82, 2.24) is 20.0 Å². The molecule has 0 spiro atoms. The van der Waals surface area contributed by atoms with Gasteiger partial charge in [-0.3, -0.25) is 9.48 Å². The van der Waals surface area contributed by atoms with Crippen LogP contribution in [0.15, 0.2) is 48.7 Å². The number of alkyl carbamates (subject to hydrolysis) is 1. The molecule has 45 heavy (non-hydrogen) atoms. The number of hydrogen-bond donors (Lipinski definition) is 1. The highest BCUT2D eigenvalue weighted by atomic mass is 32.1. The maximum atomic E-state index is 14.8. The summed E-state index contributed by atoms with van der Waals surface area (Å²) in [4.78, 5) is 29.4. The molecule has 2 fully saturated rings. The second-order valence-electron chi connectivity index (χ2n) is 12.6. The number of rotatable bonds is 5. The number of fused-ring (bicyclic) bond motifs is 1. The summed E-state index contributed by atoms with van der Waals surface area (Å²) in [5.74, 6) is -0.758. The van der Waals surface area contributed by atoms with E-state index < -0.39 is 17.5 Å². The molecule has 0 saturated carbocycles. The van der Waals surface area contributed by atoms with Crippen molar-refractivity contribution in [3.8, 4) is 27.6 Å². The average Bonchev–Trinajstić information content (AvgIpc) is 3.65. The molecule has 2 aliphatic heterocycles. The number of halogens is 1. The lowest BCUT2D eigenvalue weighted by atomic mass is 10.00. The molecule has 2 aromatic heterocycles. The van der Waals surface area contributed by atoms with Crippen LogP contribution in [-0.4, -0.2) is 64.6 Å². The van der Waals surface area contributed by atoms with Crippen molar-refractivity contribution < 1.29 is 23.5 Å². The Morgan fingerprint density at radius 1 is 1.11 bits per heavy atom. The second kappa shape index (κ2) is 12.6. The highest BCUT2D eigenvalue weighted by Gasteiger charge is 2.29. The van der Waals surface area contributed by atoms with Crippen molar-refractivity contribution in [3.63, 3.8) is 0 Å². The fourth-order valence-electron chi connectivity index (χ4n) is 5.93. The molecule has 11 heteroatoms. The van der Waals surface area contributed by atoms with Gasteiger partial charge in [-0.25, -0.2) is 9.18 Å². The van der Waals surface area contributed by atoms with Crippen molar-refractivity contribution in [2.24, 2.45) is 0 Å². The number of aromatic nitrogens is 2. The van der Waals surface area contributed by atoms with Gasteiger partial charge < -0.3 is 19.7 Å². The molecule has 2 aromatic carbocycles. The van der Waals surface area contributed by atoms with Crippen molar-refractivity contribution in [1.29, 1.82) is 5.26 Å². The molecule has 4 aromatic rings. The molecule has 2 saturated heterocycles.